The lowest BCUT2D eigenvalue weighted by molar-refractivity contribution is -0.161. The number of phosphoric acid groups is 1. The molecular weight excluding hydrogens is 1090 g/mol. The van der Waals surface area contributed by atoms with Gasteiger partial charge < -0.3 is 20.1 Å². The van der Waals surface area contributed by atoms with Gasteiger partial charge >= 0.3 is 19.8 Å². The summed E-state index contributed by atoms with van der Waals surface area (Å²) in [4.78, 5) is 35.4. The molecule has 3 N–H and O–H groups in total. The van der Waals surface area contributed by atoms with Crippen molar-refractivity contribution in [2.45, 2.75) is 399 Å². The molecule has 0 aromatic rings. The van der Waals surface area contributed by atoms with Gasteiger partial charge in [0, 0.05) is 19.4 Å². The molecule has 0 aliphatic carbocycles. The first-order chi connectivity index (χ1) is 42.3. The zero-order chi connectivity index (χ0) is 62.3. The minimum absolute atomic E-state index is 0.0539. The number of carbonyl (C=O) groups is 2. The topological polar surface area (TPSA) is 134 Å². The number of hydrogen-bond acceptors (Lipinski definition) is 8. The van der Waals surface area contributed by atoms with E-state index in [-0.39, 0.29) is 38.6 Å². The van der Waals surface area contributed by atoms with E-state index in [1.165, 1.54) is 295 Å². The van der Waals surface area contributed by atoms with Gasteiger partial charge in [-0.25, -0.2) is 4.57 Å². The fourth-order valence-corrected chi connectivity index (χ4v) is 12.2. The van der Waals surface area contributed by atoms with Crippen molar-refractivity contribution in [3.63, 3.8) is 0 Å². The minimum Gasteiger partial charge on any atom is -0.462 e. The second-order valence-electron chi connectivity index (χ2n) is 25.5. The molecule has 0 aromatic carbocycles. The molecule has 2 unspecified atom stereocenters. The van der Waals surface area contributed by atoms with E-state index in [0.717, 1.165) is 64.2 Å². The number of carbonyl (C=O) groups excluding carboxylic acids is 2. The van der Waals surface area contributed by atoms with E-state index in [4.69, 9.17) is 24.3 Å². The summed E-state index contributed by atoms with van der Waals surface area (Å²) in [5, 5.41) is 0. The van der Waals surface area contributed by atoms with Crippen LogP contribution in [0.1, 0.15) is 393 Å². The first kappa shape index (κ1) is 84.0. The van der Waals surface area contributed by atoms with Crippen LogP contribution in [0.3, 0.4) is 0 Å². The van der Waals surface area contributed by atoms with Gasteiger partial charge in [0.1, 0.15) is 6.61 Å². The molecule has 0 amide bonds. The molecule has 0 aliphatic heterocycles. The third-order valence-corrected chi connectivity index (χ3v) is 18.0. The molecule has 0 saturated heterocycles. The van der Waals surface area contributed by atoms with E-state index in [1.807, 2.05) is 0 Å². The number of hydrogen-bond donors (Lipinski definition) is 2. The predicted molar refractivity (Wildman–Crippen MR) is 372 cm³/mol. The Kier molecular flexibility index (Phi) is 70.3. The summed E-state index contributed by atoms with van der Waals surface area (Å²) in [7, 11) is -4.39. The highest BCUT2D eigenvalue weighted by molar-refractivity contribution is 7.47. The molecule has 0 radical (unpaired) electrons. The van der Waals surface area contributed by atoms with Crippen molar-refractivity contribution >= 4 is 19.8 Å². The molecule has 0 heterocycles. The van der Waals surface area contributed by atoms with Crippen molar-refractivity contribution in [3.05, 3.63) is 48.6 Å². The van der Waals surface area contributed by atoms with Crippen molar-refractivity contribution in [2.24, 2.45) is 5.73 Å². The lowest BCUT2D eigenvalue weighted by Gasteiger charge is -2.19. The fourth-order valence-electron chi connectivity index (χ4n) is 11.5. The first-order valence-electron chi connectivity index (χ1n) is 37.6. The summed E-state index contributed by atoms with van der Waals surface area (Å²) >= 11 is 0. The fraction of sp³-hybridized carbons (Fsp3) is 0.868. The van der Waals surface area contributed by atoms with Crippen LogP contribution in [0.15, 0.2) is 48.6 Å². The molecule has 0 rings (SSSR count). The van der Waals surface area contributed by atoms with Crippen LogP contribution in [0.5, 0.6) is 0 Å². The van der Waals surface area contributed by atoms with Crippen molar-refractivity contribution in [1.29, 1.82) is 0 Å². The third kappa shape index (κ3) is 71.1. The van der Waals surface area contributed by atoms with Crippen LogP contribution in [0, 0.1) is 0 Å². The third-order valence-electron chi connectivity index (χ3n) is 17.0. The number of nitrogens with two attached hydrogens (primary N) is 1. The predicted octanol–water partition coefficient (Wildman–Crippen LogP) is 24.8. The average molecular weight is 1230 g/mol. The highest BCUT2D eigenvalue weighted by Crippen LogP contribution is 2.43. The monoisotopic (exact) mass is 1230 g/mol. The molecule has 0 aromatic heterocycles. The molecule has 0 fully saturated rings. The van der Waals surface area contributed by atoms with E-state index in [9.17, 15) is 19.0 Å². The van der Waals surface area contributed by atoms with Crippen LogP contribution >= 0.6 is 7.82 Å². The normalized spacial score (nSPS) is 13.1. The summed E-state index contributed by atoms with van der Waals surface area (Å²) in [6, 6.07) is 0. The number of ether oxygens (including phenoxy) is 2. The summed E-state index contributed by atoms with van der Waals surface area (Å²) < 4.78 is 33.2. The number of phosphoric ester groups is 1. The van der Waals surface area contributed by atoms with Gasteiger partial charge in [-0.3, -0.25) is 18.6 Å². The smallest absolute Gasteiger partial charge is 0.462 e. The molecule has 0 spiro atoms. The highest BCUT2D eigenvalue weighted by atomic mass is 31.2. The summed E-state index contributed by atoms with van der Waals surface area (Å²) in [6.45, 7) is 3.70. The average Bonchev–Trinajstić information content (AvgIpc) is 3.58. The molecule has 10 heteroatoms. The van der Waals surface area contributed by atoms with Crippen molar-refractivity contribution < 1.29 is 37.6 Å². The van der Waals surface area contributed by atoms with Gasteiger partial charge in [0.2, 0.25) is 0 Å². The molecule has 0 aliphatic rings. The standard InChI is InChI=1S/C76H144NO8P/c1-3-5-7-9-11-13-15-17-19-21-23-25-27-29-30-31-32-33-34-35-36-37-38-39-40-41-42-43-45-46-48-50-52-54-56-58-60-62-64-66-68-75(78)82-72-74(73-84-86(80,81)83-71-70-77)85-76(79)69-67-65-63-61-59-57-55-53-51-49-47-44-28-26-24-22-20-18-16-14-12-10-8-6-4-2/h6,8,12,14,18,20,24,26,74H,3-5,7,9-11,13,15-17,19,21-23,25,27-73,77H2,1-2H3,(H,80,81)/b8-6-,14-12-,20-18-,26-24-. The van der Waals surface area contributed by atoms with Crippen LogP contribution in [-0.4, -0.2) is 49.3 Å². The van der Waals surface area contributed by atoms with Crippen LogP contribution < -0.4 is 5.73 Å². The van der Waals surface area contributed by atoms with Crippen molar-refractivity contribution in [3.8, 4) is 0 Å². The van der Waals surface area contributed by atoms with E-state index in [1.54, 1.807) is 0 Å². The van der Waals surface area contributed by atoms with E-state index < -0.39 is 26.5 Å². The molecule has 9 nitrogen and oxygen atoms in total. The van der Waals surface area contributed by atoms with Crippen molar-refractivity contribution in [1.82, 2.24) is 0 Å². The SMILES string of the molecule is CC/C=C\C/C=C\C/C=C\C/C=C\CCCCCCCCCCCCCCC(=O)OC(COC(=O)CCCCCCCCCCCCCCCCCCCCCCCCCCCCCCCCCCCCCCCCCC)COP(=O)(O)OCCN. The maximum atomic E-state index is 12.8. The number of unbranched alkanes of at least 4 members (excludes halogenated alkanes) is 51. The largest absolute Gasteiger partial charge is 0.472 e. The zero-order valence-electron chi connectivity index (χ0n) is 57.1. The second kappa shape index (κ2) is 72.0. The summed E-state index contributed by atoms with van der Waals surface area (Å²) in [5.41, 5.74) is 5.41. The number of rotatable bonds is 72. The van der Waals surface area contributed by atoms with Gasteiger partial charge in [-0.15, -0.1) is 0 Å². The first-order valence-corrected chi connectivity index (χ1v) is 39.1. The zero-order valence-corrected chi connectivity index (χ0v) is 58.0. The lowest BCUT2D eigenvalue weighted by atomic mass is 10.0. The van der Waals surface area contributed by atoms with Gasteiger partial charge in [0.05, 0.1) is 13.2 Å². The molecule has 86 heavy (non-hydrogen) atoms. The Hall–Kier alpha value is -2.03. The maximum Gasteiger partial charge on any atom is 0.472 e. The molecular formula is C76H144NO8P. The molecule has 2 atom stereocenters. The quantitative estimate of drug-likeness (QED) is 0.0264. The van der Waals surface area contributed by atoms with Gasteiger partial charge in [-0.2, -0.15) is 0 Å². The van der Waals surface area contributed by atoms with Gasteiger partial charge in [0.25, 0.3) is 0 Å². The lowest BCUT2D eigenvalue weighted by Crippen LogP contribution is -2.29. The molecule has 0 saturated carbocycles. The van der Waals surface area contributed by atoms with Crippen LogP contribution in [0.25, 0.3) is 0 Å². The highest BCUT2D eigenvalue weighted by Gasteiger charge is 2.26. The Bertz CT molecular complexity index is 1550. The summed E-state index contributed by atoms with van der Waals surface area (Å²) in [6.07, 6.45) is 92.5. The number of allylic oxidation sites excluding steroid dienone is 8. The summed E-state index contributed by atoms with van der Waals surface area (Å²) in [5.74, 6) is -0.811. The second-order valence-corrected chi connectivity index (χ2v) is 27.0. The molecule has 0 bridgehead atoms. The van der Waals surface area contributed by atoms with Crippen LogP contribution in [-0.2, 0) is 32.7 Å². The van der Waals surface area contributed by atoms with Crippen LogP contribution in [0.2, 0.25) is 0 Å². The molecule has 506 valence electrons. The van der Waals surface area contributed by atoms with Gasteiger partial charge in [-0.1, -0.05) is 377 Å². The van der Waals surface area contributed by atoms with Gasteiger partial charge in [-0.05, 0) is 51.4 Å². The van der Waals surface area contributed by atoms with Crippen LogP contribution in [0.4, 0.5) is 0 Å². The Labute approximate surface area is 534 Å². The Balaban J connectivity index is 3.74. The minimum atomic E-state index is -4.39. The Morgan fingerprint density at radius 3 is 0.953 bits per heavy atom. The number of esters is 2. The van der Waals surface area contributed by atoms with Gasteiger partial charge in [0.15, 0.2) is 6.10 Å². The van der Waals surface area contributed by atoms with Crippen molar-refractivity contribution in [2.75, 3.05) is 26.4 Å². The Morgan fingerprint density at radius 1 is 0.360 bits per heavy atom. The van der Waals surface area contributed by atoms with E-state index in [0.29, 0.717) is 6.42 Å². The van der Waals surface area contributed by atoms with E-state index in [2.05, 4.69) is 62.5 Å². The Morgan fingerprint density at radius 2 is 0.640 bits per heavy atom. The maximum absolute atomic E-state index is 12.8. The van der Waals surface area contributed by atoms with E-state index >= 15 is 0 Å².